The van der Waals surface area contributed by atoms with Crippen molar-refractivity contribution in [1.29, 1.82) is 0 Å². The minimum absolute atomic E-state index is 0.210. The van der Waals surface area contributed by atoms with Gasteiger partial charge in [0.2, 0.25) is 0 Å². The first-order valence-corrected chi connectivity index (χ1v) is 7.21. The van der Waals surface area contributed by atoms with Crippen LogP contribution in [0.25, 0.3) is 0 Å². The van der Waals surface area contributed by atoms with E-state index >= 15 is 0 Å². The standard InChI is InChI=1S/C14H32NO4/c1-14(4-8-16)5-10-18-12-13-19-11-7-15(2,3)6-9-17/h14,16-17H,4-13H2,1-3H3/q+1. The van der Waals surface area contributed by atoms with Crippen LogP contribution in [0.15, 0.2) is 0 Å². The minimum Gasteiger partial charge on any atom is -0.396 e. The molecule has 0 saturated carbocycles. The molecule has 1 atom stereocenters. The average molecular weight is 278 g/mol. The van der Waals surface area contributed by atoms with Gasteiger partial charge < -0.3 is 24.2 Å². The highest BCUT2D eigenvalue weighted by Gasteiger charge is 2.12. The molecule has 0 aromatic heterocycles. The van der Waals surface area contributed by atoms with Crippen molar-refractivity contribution in [2.75, 3.05) is 66.8 Å². The molecule has 0 spiro atoms. The zero-order valence-electron chi connectivity index (χ0n) is 12.8. The van der Waals surface area contributed by atoms with Crippen molar-refractivity contribution in [1.82, 2.24) is 0 Å². The van der Waals surface area contributed by atoms with Crippen LogP contribution in [0.4, 0.5) is 0 Å². The number of ether oxygens (including phenoxy) is 2. The number of rotatable bonds is 13. The van der Waals surface area contributed by atoms with Gasteiger partial charge in [-0.25, -0.2) is 0 Å². The molecule has 0 heterocycles. The highest BCUT2D eigenvalue weighted by atomic mass is 16.5. The Labute approximate surface area is 117 Å². The summed E-state index contributed by atoms with van der Waals surface area (Å²) in [5.74, 6) is 0.516. The van der Waals surface area contributed by atoms with Gasteiger partial charge in [-0.1, -0.05) is 6.92 Å². The Morgan fingerprint density at radius 1 is 0.842 bits per heavy atom. The van der Waals surface area contributed by atoms with E-state index in [-0.39, 0.29) is 13.2 Å². The van der Waals surface area contributed by atoms with Crippen molar-refractivity contribution >= 4 is 0 Å². The highest BCUT2D eigenvalue weighted by Crippen LogP contribution is 2.05. The number of likely N-dealkylation sites (N-methyl/N-ethyl adjacent to an activating group) is 1. The molecular weight excluding hydrogens is 246 g/mol. The predicted octanol–water partition coefficient (Wildman–Crippen LogP) is 0.497. The lowest BCUT2D eigenvalue weighted by atomic mass is 10.1. The third-order valence-corrected chi connectivity index (χ3v) is 3.30. The zero-order valence-corrected chi connectivity index (χ0v) is 12.8. The molecule has 5 heteroatoms. The maximum Gasteiger partial charge on any atom is 0.102 e. The second kappa shape index (κ2) is 11.6. The lowest BCUT2D eigenvalue weighted by Gasteiger charge is -2.28. The lowest BCUT2D eigenvalue weighted by Crippen LogP contribution is -2.44. The van der Waals surface area contributed by atoms with Crippen molar-refractivity contribution in [3.05, 3.63) is 0 Å². The Kier molecular flexibility index (Phi) is 11.5. The summed E-state index contributed by atoms with van der Waals surface area (Å²) < 4.78 is 11.8. The lowest BCUT2D eigenvalue weighted by molar-refractivity contribution is -0.891. The number of quaternary nitrogens is 1. The fraction of sp³-hybridized carbons (Fsp3) is 1.00. The van der Waals surface area contributed by atoms with Crippen molar-refractivity contribution in [3.8, 4) is 0 Å². The molecular formula is C14H32NO4+. The molecule has 0 amide bonds. The van der Waals surface area contributed by atoms with Crippen LogP contribution in [-0.4, -0.2) is 81.5 Å². The van der Waals surface area contributed by atoms with Crippen LogP contribution in [-0.2, 0) is 9.47 Å². The van der Waals surface area contributed by atoms with Crippen molar-refractivity contribution in [2.24, 2.45) is 5.92 Å². The Morgan fingerprint density at radius 3 is 2.05 bits per heavy atom. The van der Waals surface area contributed by atoms with E-state index in [1.54, 1.807) is 0 Å². The van der Waals surface area contributed by atoms with Crippen molar-refractivity contribution < 1.29 is 24.2 Å². The van der Waals surface area contributed by atoms with Gasteiger partial charge in [0.15, 0.2) is 0 Å². The first-order valence-electron chi connectivity index (χ1n) is 7.21. The Balaban J connectivity index is 3.27. The minimum atomic E-state index is 0.210. The summed E-state index contributed by atoms with van der Waals surface area (Å²) in [5.41, 5.74) is 0. The second-order valence-electron chi connectivity index (χ2n) is 5.74. The first kappa shape index (κ1) is 18.8. The fourth-order valence-corrected chi connectivity index (χ4v) is 1.67. The summed E-state index contributed by atoms with van der Waals surface area (Å²) in [7, 11) is 4.16. The Bertz CT molecular complexity index is 200. The van der Waals surface area contributed by atoms with Gasteiger partial charge in [-0.05, 0) is 18.8 Å². The quantitative estimate of drug-likeness (QED) is 0.380. The normalized spacial score (nSPS) is 13.7. The van der Waals surface area contributed by atoms with E-state index in [4.69, 9.17) is 19.7 Å². The molecule has 5 nitrogen and oxygen atoms in total. The van der Waals surface area contributed by atoms with Gasteiger partial charge in [0, 0.05) is 13.2 Å². The summed E-state index contributed by atoms with van der Waals surface area (Å²) in [6.45, 7) is 6.91. The molecule has 0 bridgehead atoms. The average Bonchev–Trinajstić information content (AvgIpc) is 2.32. The summed E-state index contributed by atoms with van der Waals surface area (Å²) in [6, 6.07) is 0. The van der Waals surface area contributed by atoms with E-state index in [2.05, 4.69) is 21.0 Å². The van der Waals surface area contributed by atoms with Gasteiger partial charge in [0.05, 0.1) is 40.5 Å². The topological polar surface area (TPSA) is 58.9 Å². The number of hydrogen-bond acceptors (Lipinski definition) is 4. The van der Waals surface area contributed by atoms with E-state index in [0.717, 1.165) is 37.0 Å². The van der Waals surface area contributed by atoms with Crippen molar-refractivity contribution in [3.63, 3.8) is 0 Å². The Morgan fingerprint density at radius 2 is 1.47 bits per heavy atom. The molecule has 0 aliphatic carbocycles. The SMILES string of the molecule is CC(CCO)CCOCCOCC[N+](C)(C)CCO. The molecule has 1 unspecified atom stereocenters. The van der Waals surface area contributed by atoms with E-state index in [1.165, 1.54) is 0 Å². The summed E-state index contributed by atoms with van der Waals surface area (Å²) in [5, 5.41) is 17.7. The molecule has 19 heavy (non-hydrogen) atoms. The maximum atomic E-state index is 8.89. The van der Waals surface area contributed by atoms with Crippen LogP contribution in [0.3, 0.4) is 0 Å². The molecule has 0 fully saturated rings. The van der Waals surface area contributed by atoms with E-state index in [0.29, 0.717) is 25.7 Å². The smallest absolute Gasteiger partial charge is 0.102 e. The van der Waals surface area contributed by atoms with Gasteiger partial charge in [-0.15, -0.1) is 0 Å². The van der Waals surface area contributed by atoms with Crippen molar-refractivity contribution in [2.45, 2.75) is 19.8 Å². The molecule has 0 aliphatic heterocycles. The third-order valence-electron chi connectivity index (χ3n) is 3.30. The Hall–Kier alpha value is -0.200. The first-order chi connectivity index (χ1) is 9.02. The fourth-order valence-electron chi connectivity index (χ4n) is 1.67. The number of hydrogen-bond donors (Lipinski definition) is 2. The van der Waals surface area contributed by atoms with Gasteiger partial charge in [-0.3, -0.25) is 0 Å². The van der Waals surface area contributed by atoms with E-state index < -0.39 is 0 Å². The van der Waals surface area contributed by atoms with Crippen LogP contribution in [0.5, 0.6) is 0 Å². The van der Waals surface area contributed by atoms with E-state index in [1.807, 2.05) is 0 Å². The number of aliphatic hydroxyl groups is 2. The summed E-state index contributed by atoms with van der Waals surface area (Å²) in [6.07, 6.45) is 1.83. The maximum absolute atomic E-state index is 8.89. The van der Waals surface area contributed by atoms with E-state index in [9.17, 15) is 0 Å². The molecule has 0 radical (unpaired) electrons. The molecule has 0 aromatic carbocycles. The van der Waals surface area contributed by atoms with Crippen LogP contribution in [0.2, 0.25) is 0 Å². The molecule has 0 saturated heterocycles. The van der Waals surface area contributed by atoms with Crippen LogP contribution >= 0.6 is 0 Å². The molecule has 0 aliphatic rings. The van der Waals surface area contributed by atoms with Crippen LogP contribution in [0.1, 0.15) is 19.8 Å². The molecule has 0 aromatic rings. The third kappa shape index (κ3) is 12.6. The summed E-state index contributed by atoms with van der Waals surface area (Å²) in [4.78, 5) is 0. The van der Waals surface area contributed by atoms with Gasteiger partial charge in [-0.2, -0.15) is 0 Å². The highest BCUT2D eigenvalue weighted by molar-refractivity contribution is 4.50. The second-order valence-corrected chi connectivity index (χ2v) is 5.74. The van der Waals surface area contributed by atoms with Crippen LogP contribution in [0, 0.1) is 5.92 Å². The summed E-state index contributed by atoms with van der Waals surface area (Å²) >= 11 is 0. The van der Waals surface area contributed by atoms with Gasteiger partial charge in [0.1, 0.15) is 13.1 Å². The molecule has 116 valence electrons. The monoisotopic (exact) mass is 278 g/mol. The largest absolute Gasteiger partial charge is 0.396 e. The van der Waals surface area contributed by atoms with Gasteiger partial charge >= 0.3 is 0 Å². The van der Waals surface area contributed by atoms with Crippen LogP contribution < -0.4 is 0 Å². The molecule has 2 N–H and O–H groups in total. The zero-order chi connectivity index (χ0) is 14.6. The molecule has 0 rings (SSSR count). The predicted molar refractivity (Wildman–Crippen MR) is 76.1 cm³/mol. The number of nitrogens with zero attached hydrogens (tertiary/aromatic N) is 1. The number of aliphatic hydroxyl groups excluding tert-OH is 2. The van der Waals surface area contributed by atoms with Gasteiger partial charge in [0.25, 0.3) is 0 Å².